The van der Waals surface area contributed by atoms with Crippen LogP contribution in [0.2, 0.25) is 0 Å². The molecule has 3 heteroatoms. The minimum Gasteiger partial charge on any atom is -0.290 e. The molecule has 2 nitrogen and oxygen atoms in total. The average molecular weight is 304 g/mol. The molecule has 0 aromatic rings. The molecule has 0 rings (SSSR count). The van der Waals surface area contributed by atoms with Gasteiger partial charge in [-0.15, -0.1) is 0 Å². The van der Waals surface area contributed by atoms with Crippen molar-refractivity contribution in [2.45, 2.75) is 98.5 Å². The molecule has 0 aliphatic rings. The Morgan fingerprint density at radius 2 is 1.25 bits per heavy atom. The van der Waals surface area contributed by atoms with Crippen LogP contribution in [0, 0.1) is 5.41 Å². The third-order valence-corrected chi connectivity index (χ3v) is 5.95. The number of nitrogens with zero attached hydrogens (tertiary/aromatic N) is 1. The van der Waals surface area contributed by atoms with Crippen LogP contribution >= 0.6 is 0 Å². The second-order valence-electron chi connectivity index (χ2n) is 8.91. The fraction of sp³-hybridized carbons (Fsp3) is 1.00. The lowest BCUT2D eigenvalue weighted by molar-refractivity contribution is -0.00976. The summed E-state index contributed by atoms with van der Waals surface area (Å²) >= 11 is 0. The van der Waals surface area contributed by atoms with Gasteiger partial charge < -0.3 is 0 Å². The molecule has 0 aromatic heterocycles. The highest BCUT2D eigenvalue weighted by Gasteiger charge is 2.43. The lowest BCUT2D eigenvalue weighted by Crippen LogP contribution is -2.62. The molecule has 0 spiro atoms. The summed E-state index contributed by atoms with van der Waals surface area (Å²) in [7, 11) is -0.796. The molecule has 20 heavy (non-hydrogen) atoms. The summed E-state index contributed by atoms with van der Waals surface area (Å²) in [6, 6.07) is 0.274. The Balaban J connectivity index is 5.73. The molecule has 0 fully saturated rings. The lowest BCUT2D eigenvalue weighted by atomic mass is 9.83. The van der Waals surface area contributed by atoms with Gasteiger partial charge in [0.25, 0.3) is 0 Å². The second-order valence-corrected chi connectivity index (χ2v) is 10.8. The molecule has 0 aromatic carbocycles. The normalized spacial score (nSPS) is 19.0. The Labute approximate surface area is 130 Å². The largest absolute Gasteiger partial charge is 0.290 e. The quantitative estimate of drug-likeness (QED) is 0.764. The van der Waals surface area contributed by atoms with E-state index in [1.165, 1.54) is 0 Å². The summed E-state index contributed by atoms with van der Waals surface area (Å²) in [6.07, 6.45) is 0. The zero-order valence-electron chi connectivity index (χ0n) is 15.6. The second kappa shape index (κ2) is 6.48. The van der Waals surface area contributed by atoms with Crippen molar-refractivity contribution in [1.82, 2.24) is 4.90 Å². The van der Waals surface area contributed by atoms with Crippen LogP contribution in [0.25, 0.3) is 0 Å². The van der Waals surface area contributed by atoms with Gasteiger partial charge in [-0.25, -0.2) is 0 Å². The van der Waals surface area contributed by atoms with Crippen molar-refractivity contribution in [3.63, 3.8) is 0 Å². The Morgan fingerprint density at radius 3 is 1.45 bits per heavy atom. The molecule has 3 atom stereocenters. The van der Waals surface area contributed by atoms with Crippen LogP contribution in [-0.2, 0) is 10.8 Å². The first-order chi connectivity index (χ1) is 8.64. The maximum Gasteiger partial charge on any atom is 0.0549 e. The summed E-state index contributed by atoms with van der Waals surface area (Å²) in [6.45, 7) is 24.4. The topological polar surface area (TPSA) is 20.3 Å². The first-order valence-corrected chi connectivity index (χ1v) is 9.19. The van der Waals surface area contributed by atoms with Gasteiger partial charge in [0.15, 0.2) is 0 Å². The molecule has 0 saturated carbocycles. The number of rotatable bonds is 4. The van der Waals surface area contributed by atoms with E-state index in [0.29, 0.717) is 0 Å². The SMILES string of the molecule is CCS(=O)C(C(C)N(C(C)(C)C)C(C)(C)C)C(C)(C)C. The predicted molar refractivity (Wildman–Crippen MR) is 92.7 cm³/mol. The van der Waals surface area contributed by atoms with Crippen molar-refractivity contribution >= 4 is 10.8 Å². The first-order valence-electron chi connectivity index (χ1n) is 7.80. The lowest BCUT2D eigenvalue weighted by Gasteiger charge is -2.53. The fourth-order valence-corrected chi connectivity index (χ4v) is 5.59. The maximum atomic E-state index is 12.6. The highest BCUT2D eigenvalue weighted by molar-refractivity contribution is 7.85. The molecule has 122 valence electrons. The van der Waals surface area contributed by atoms with Gasteiger partial charge in [-0.1, -0.05) is 27.7 Å². The summed E-state index contributed by atoms with van der Waals surface area (Å²) in [4.78, 5) is 2.53. The van der Waals surface area contributed by atoms with Crippen LogP contribution in [0.4, 0.5) is 0 Å². The molecule has 0 bridgehead atoms. The van der Waals surface area contributed by atoms with Crippen LogP contribution in [0.3, 0.4) is 0 Å². The Hall–Kier alpha value is 0.110. The molecular formula is C17H37NOS. The van der Waals surface area contributed by atoms with E-state index in [0.717, 1.165) is 5.75 Å². The van der Waals surface area contributed by atoms with Crippen LogP contribution in [-0.4, -0.2) is 37.2 Å². The van der Waals surface area contributed by atoms with E-state index in [-0.39, 0.29) is 27.8 Å². The van der Waals surface area contributed by atoms with Gasteiger partial charge in [0.1, 0.15) is 0 Å². The van der Waals surface area contributed by atoms with Gasteiger partial charge in [-0.2, -0.15) is 0 Å². The van der Waals surface area contributed by atoms with Gasteiger partial charge in [-0.05, 0) is 53.9 Å². The molecule has 0 aliphatic heterocycles. The molecular weight excluding hydrogens is 266 g/mol. The van der Waals surface area contributed by atoms with Gasteiger partial charge in [0.05, 0.1) is 5.25 Å². The van der Waals surface area contributed by atoms with Crippen LogP contribution in [0.15, 0.2) is 0 Å². The molecule has 0 amide bonds. The van der Waals surface area contributed by atoms with Crippen molar-refractivity contribution in [2.75, 3.05) is 5.75 Å². The van der Waals surface area contributed by atoms with Crippen molar-refractivity contribution < 1.29 is 4.21 Å². The van der Waals surface area contributed by atoms with Gasteiger partial charge in [0.2, 0.25) is 0 Å². The molecule has 0 N–H and O–H groups in total. The highest BCUT2D eigenvalue weighted by atomic mass is 32.2. The smallest absolute Gasteiger partial charge is 0.0549 e. The third-order valence-electron chi connectivity index (χ3n) is 3.71. The standard InChI is InChI=1S/C17H37NOS/c1-12-20(19)14(15(3,4)5)13(2)18(16(6,7)8)17(9,10)11/h13-14H,12H2,1-11H3. The van der Waals surface area contributed by atoms with E-state index in [2.05, 4.69) is 74.1 Å². The van der Waals surface area contributed by atoms with E-state index in [9.17, 15) is 4.21 Å². The number of hydrogen-bond acceptors (Lipinski definition) is 2. The highest BCUT2D eigenvalue weighted by Crippen LogP contribution is 2.36. The summed E-state index contributed by atoms with van der Waals surface area (Å²) in [5, 5.41) is 0.172. The van der Waals surface area contributed by atoms with E-state index < -0.39 is 10.8 Å². The fourth-order valence-electron chi connectivity index (χ4n) is 3.88. The number of hydrogen-bond donors (Lipinski definition) is 0. The van der Waals surface area contributed by atoms with Crippen LogP contribution in [0.5, 0.6) is 0 Å². The van der Waals surface area contributed by atoms with Gasteiger partial charge in [-0.3, -0.25) is 9.11 Å². The Bertz CT molecular complexity index is 316. The predicted octanol–water partition coefficient (Wildman–Crippen LogP) is 4.46. The van der Waals surface area contributed by atoms with Crippen molar-refractivity contribution in [2.24, 2.45) is 5.41 Å². The summed E-state index contributed by atoms with van der Waals surface area (Å²) in [5.74, 6) is 0.731. The minimum atomic E-state index is -0.796. The van der Waals surface area contributed by atoms with Crippen molar-refractivity contribution in [3.8, 4) is 0 Å². The minimum absolute atomic E-state index is 0.0367. The Morgan fingerprint density at radius 1 is 0.900 bits per heavy atom. The third kappa shape index (κ3) is 5.14. The Kier molecular flexibility index (Phi) is 6.51. The molecule has 0 saturated heterocycles. The van der Waals surface area contributed by atoms with Crippen LogP contribution in [0.1, 0.15) is 76.2 Å². The van der Waals surface area contributed by atoms with Crippen molar-refractivity contribution in [1.29, 1.82) is 0 Å². The summed E-state index contributed by atoms with van der Waals surface area (Å²) in [5.41, 5.74) is 0.146. The van der Waals surface area contributed by atoms with Crippen molar-refractivity contribution in [3.05, 3.63) is 0 Å². The molecule has 3 unspecified atom stereocenters. The molecule has 0 radical (unpaired) electrons. The monoisotopic (exact) mass is 303 g/mol. The zero-order valence-corrected chi connectivity index (χ0v) is 16.4. The zero-order chi connectivity index (χ0) is 16.5. The summed E-state index contributed by atoms with van der Waals surface area (Å²) < 4.78 is 12.6. The average Bonchev–Trinajstić information content (AvgIpc) is 2.09. The molecule has 0 heterocycles. The van der Waals surface area contributed by atoms with E-state index in [1.807, 2.05) is 6.92 Å². The van der Waals surface area contributed by atoms with E-state index >= 15 is 0 Å². The first kappa shape index (κ1) is 20.1. The van der Waals surface area contributed by atoms with Gasteiger partial charge >= 0.3 is 0 Å². The molecule has 0 aliphatic carbocycles. The van der Waals surface area contributed by atoms with E-state index in [4.69, 9.17) is 0 Å². The van der Waals surface area contributed by atoms with E-state index in [1.54, 1.807) is 0 Å². The van der Waals surface area contributed by atoms with Gasteiger partial charge in [0, 0.05) is 33.7 Å². The van der Waals surface area contributed by atoms with Crippen LogP contribution < -0.4 is 0 Å². The maximum absolute atomic E-state index is 12.6.